The summed E-state index contributed by atoms with van der Waals surface area (Å²) in [4.78, 5) is 14.6. The second kappa shape index (κ2) is 4.75. The van der Waals surface area contributed by atoms with Gasteiger partial charge in [-0.3, -0.25) is 10.1 Å². The van der Waals surface area contributed by atoms with Gasteiger partial charge in [0, 0.05) is 6.92 Å². The number of anilines is 1. The van der Waals surface area contributed by atoms with Crippen molar-refractivity contribution in [3.63, 3.8) is 0 Å². The number of aliphatic hydroxyl groups is 1. The Bertz CT molecular complexity index is 510. The van der Waals surface area contributed by atoms with Crippen LogP contribution in [0, 0.1) is 0 Å². The van der Waals surface area contributed by atoms with Crippen molar-refractivity contribution in [3.05, 3.63) is 41.7 Å². The first kappa shape index (κ1) is 11.3. The summed E-state index contributed by atoms with van der Waals surface area (Å²) >= 11 is 0. The smallest absolute Gasteiger partial charge is 0.328 e. The van der Waals surface area contributed by atoms with Crippen LogP contribution in [-0.4, -0.2) is 21.2 Å². The quantitative estimate of drug-likeness (QED) is 0.829. The van der Waals surface area contributed by atoms with Crippen LogP contribution in [0.1, 0.15) is 24.4 Å². The molecule has 1 aromatic carbocycles. The Morgan fingerprint density at radius 3 is 2.76 bits per heavy atom. The van der Waals surface area contributed by atoms with Gasteiger partial charge >= 0.3 is 6.01 Å². The number of aliphatic hydroxyl groups excluding tert-OH is 1. The number of aromatic nitrogens is 2. The topological polar surface area (TPSA) is 88.2 Å². The minimum Gasteiger partial charge on any atom is -0.380 e. The molecule has 0 aliphatic carbocycles. The van der Waals surface area contributed by atoms with E-state index >= 15 is 0 Å². The average molecular weight is 233 g/mol. The van der Waals surface area contributed by atoms with Gasteiger partial charge in [-0.1, -0.05) is 35.5 Å². The fourth-order valence-electron chi connectivity index (χ4n) is 1.33. The van der Waals surface area contributed by atoms with Crippen LogP contribution in [0.2, 0.25) is 0 Å². The van der Waals surface area contributed by atoms with E-state index in [1.54, 1.807) is 24.3 Å². The van der Waals surface area contributed by atoms with Crippen molar-refractivity contribution in [3.8, 4) is 0 Å². The molecule has 0 aliphatic heterocycles. The van der Waals surface area contributed by atoms with E-state index in [-0.39, 0.29) is 17.7 Å². The number of hydrogen-bond donors (Lipinski definition) is 2. The summed E-state index contributed by atoms with van der Waals surface area (Å²) in [5.74, 6) is -0.200. The van der Waals surface area contributed by atoms with E-state index in [2.05, 4.69) is 15.5 Å². The third-order valence-corrected chi connectivity index (χ3v) is 2.08. The van der Waals surface area contributed by atoms with E-state index in [1.807, 2.05) is 6.07 Å². The predicted molar refractivity (Wildman–Crippen MR) is 59.1 cm³/mol. The molecule has 0 bridgehead atoms. The van der Waals surface area contributed by atoms with Gasteiger partial charge in [0.25, 0.3) is 0 Å². The van der Waals surface area contributed by atoms with Gasteiger partial charge in [-0.25, -0.2) is 0 Å². The SMILES string of the molecule is CC(=O)Nc1nc(C(O)c2ccccc2)no1. The van der Waals surface area contributed by atoms with Crippen LogP contribution in [0.25, 0.3) is 0 Å². The predicted octanol–water partition coefficient (Wildman–Crippen LogP) is 1.11. The maximum absolute atomic E-state index is 10.8. The molecule has 0 spiro atoms. The minimum atomic E-state index is -0.970. The van der Waals surface area contributed by atoms with Gasteiger partial charge < -0.3 is 9.63 Å². The Morgan fingerprint density at radius 1 is 1.41 bits per heavy atom. The maximum atomic E-state index is 10.8. The highest BCUT2D eigenvalue weighted by Gasteiger charge is 2.17. The average Bonchev–Trinajstić information content (AvgIpc) is 2.77. The van der Waals surface area contributed by atoms with Gasteiger partial charge in [-0.15, -0.1) is 0 Å². The molecule has 1 aromatic heterocycles. The van der Waals surface area contributed by atoms with E-state index in [1.165, 1.54) is 6.92 Å². The lowest BCUT2D eigenvalue weighted by molar-refractivity contribution is -0.114. The lowest BCUT2D eigenvalue weighted by atomic mass is 10.1. The summed E-state index contributed by atoms with van der Waals surface area (Å²) in [6.07, 6.45) is -0.970. The minimum absolute atomic E-state index is 0.0255. The van der Waals surface area contributed by atoms with Crippen LogP contribution < -0.4 is 5.32 Å². The van der Waals surface area contributed by atoms with Crippen molar-refractivity contribution in [2.75, 3.05) is 5.32 Å². The second-order valence-corrected chi connectivity index (χ2v) is 3.45. The van der Waals surface area contributed by atoms with Crippen LogP contribution in [0.4, 0.5) is 6.01 Å². The van der Waals surface area contributed by atoms with E-state index in [9.17, 15) is 9.90 Å². The molecule has 0 aliphatic rings. The third-order valence-electron chi connectivity index (χ3n) is 2.08. The van der Waals surface area contributed by atoms with E-state index in [4.69, 9.17) is 4.52 Å². The molecule has 0 saturated heterocycles. The first-order chi connectivity index (χ1) is 8.16. The van der Waals surface area contributed by atoms with Crippen LogP contribution in [0.5, 0.6) is 0 Å². The molecular weight excluding hydrogens is 222 g/mol. The number of carbonyl (C=O) groups is 1. The first-order valence-electron chi connectivity index (χ1n) is 5.01. The Kier molecular flexibility index (Phi) is 3.15. The van der Waals surface area contributed by atoms with Crippen molar-refractivity contribution in [2.45, 2.75) is 13.0 Å². The molecule has 2 rings (SSSR count). The number of nitrogens with one attached hydrogen (secondary N) is 1. The maximum Gasteiger partial charge on any atom is 0.328 e. The van der Waals surface area contributed by atoms with Crippen molar-refractivity contribution in [2.24, 2.45) is 0 Å². The summed E-state index contributed by atoms with van der Waals surface area (Å²) in [6.45, 7) is 1.33. The fraction of sp³-hybridized carbons (Fsp3) is 0.182. The van der Waals surface area contributed by atoms with E-state index in [0.29, 0.717) is 5.56 Å². The highest BCUT2D eigenvalue weighted by atomic mass is 16.5. The zero-order valence-corrected chi connectivity index (χ0v) is 9.12. The molecule has 2 N–H and O–H groups in total. The van der Waals surface area contributed by atoms with Gasteiger partial charge in [0.05, 0.1) is 0 Å². The molecule has 1 unspecified atom stereocenters. The van der Waals surface area contributed by atoms with Gasteiger partial charge in [-0.05, 0) is 5.56 Å². The number of benzene rings is 1. The number of nitrogens with zero attached hydrogens (tertiary/aromatic N) is 2. The normalized spacial score (nSPS) is 12.1. The van der Waals surface area contributed by atoms with Crippen molar-refractivity contribution < 1.29 is 14.4 Å². The molecule has 0 saturated carbocycles. The molecular formula is C11H11N3O3. The van der Waals surface area contributed by atoms with Gasteiger partial charge in [0.1, 0.15) is 6.10 Å². The van der Waals surface area contributed by atoms with Gasteiger partial charge in [-0.2, -0.15) is 4.98 Å². The van der Waals surface area contributed by atoms with Crippen molar-refractivity contribution in [1.29, 1.82) is 0 Å². The summed E-state index contributed by atoms with van der Waals surface area (Å²) in [7, 11) is 0. The molecule has 1 atom stereocenters. The van der Waals surface area contributed by atoms with Crippen molar-refractivity contribution >= 4 is 11.9 Å². The summed E-state index contributed by atoms with van der Waals surface area (Å²) in [6, 6.07) is 8.91. The zero-order chi connectivity index (χ0) is 12.3. The summed E-state index contributed by atoms with van der Waals surface area (Å²) in [5.41, 5.74) is 0.655. The molecule has 0 fully saturated rings. The molecule has 0 radical (unpaired) electrons. The number of rotatable bonds is 3. The molecule has 17 heavy (non-hydrogen) atoms. The van der Waals surface area contributed by atoms with Crippen LogP contribution >= 0.6 is 0 Å². The van der Waals surface area contributed by atoms with Crippen molar-refractivity contribution in [1.82, 2.24) is 10.1 Å². The Balaban J connectivity index is 2.17. The fourth-order valence-corrected chi connectivity index (χ4v) is 1.33. The molecule has 88 valence electrons. The van der Waals surface area contributed by atoms with Crippen LogP contribution in [0.3, 0.4) is 0 Å². The summed E-state index contributed by atoms with van der Waals surface area (Å²) < 4.78 is 4.77. The van der Waals surface area contributed by atoms with Gasteiger partial charge in [0.15, 0.2) is 0 Å². The monoisotopic (exact) mass is 233 g/mol. The highest BCUT2D eigenvalue weighted by molar-refractivity contribution is 5.86. The standard InChI is InChI=1S/C11H11N3O3/c1-7(15)12-11-13-10(14-17-11)9(16)8-5-3-2-4-6-8/h2-6,9,16H,1H3,(H,12,13,14,15). The molecule has 6 nitrogen and oxygen atoms in total. The van der Waals surface area contributed by atoms with E-state index < -0.39 is 6.10 Å². The van der Waals surface area contributed by atoms with E-state index in [0.717, 1.165) is 0 Å². The molecule has 6 heteroatoms. The van der Waals surface area contributed by atoms with Gasteiger partial charge in [0.2, 0.25) is 11.7 Å². The van der Waals surface area contributed by atoms with Crippen LogP contribution in [-0.2, 0) is 4.79 Å². The zero-order valence-electron chi connectivity index (χ0n) is 9.12. The Labute approximate surface area is 97.3 Å². The second-order valence-electron chi connectivity index (χ2n) is 3.45. The third kappa shape index (κ3) is 2.67. The van der Waals surface area contributed by atoms with Crippen LogP contribution in [0.15, 0.2) is 34.9 Å². The lowest BCUT2D eigenvalue weighted by Crippen LogP contribution is -2.06. The number of hydrogen-bond acceptors (Lipinski definition) is 5. The largest absolute Gasteiger partial charge is 0.380 e. The highest BCUT2D eigenvalue weighted by Crippen LogP contribution is 2.19. The lowest BCUT2D eigenvalue weighted by Gasteiger charge is -2.04. The molecule has 1 heterocycles. The first-order valence-corrected chi connectivity index (χ1v) is 5.01. The number of amides is 1. The molecule has 1 amide bonds. The number of carbonyl (C=O) groups excluding carboxylic acids is 1. The molecule has 2 aromatic rings. The summed E-state index contributed by atoms with van der Waals surface area (Å²) in [5, 5.41) is 15.9. The Hall–Kier alpha value is -2.21. The Morgan fingerprint density at radius 2 is 2.12 bits per heavy atom.